The summed E-state index contributed by atoms with van der Waals surface area (Å²) in [4.78, 5) is 3.60. The van der Waals surface area contributed by atoms with Crippen LogP contribution in [0.1, 0.15) is 52.9 Å². The molecule has 1 aliphatic carbocycles. The third-order valence-electron chi connectivity index (χ3n) is 5.24. The van der Waals surface area contributed by atoms with Gasteiger partial charge >= 0.3 is 0 Å². The van der Waals surface area contributed by atoms with Gasteiger partial charge in [-0.2, -0.15) is 0 Å². The van der Waals surface area contributed by atoms with E-state index in [0.29, 0.717) is 11.7 Å². The molecule has 0 bridgehead atoms. The van der Waals surface area contributed by atoms with E-state index in [2.05, 4.69) is 67.1 Å². The van der Waals surface area contributed by atoms with Gasteiger partial charge in [0.2, 0.25) is 0 Å². The molecule has 3 nitrogen and oxygen atoms in total. The lowest BCUT2D eigenvalue weighted by Crippen LogP contribution is -2.17. The molecule has 1 aromatic heterocycles. The second kappa shape index (κ2) is 8.92. The van der Waals surface area contributed by atoms with Gasteiger partial charge in [0, 0.05) is 23.9 Å². The number of aromatic amines is 1. The van der Waals surface area contributed by atoms with E-state index in [4.69, 9.17) is 4.74 Å². The van der Waals surface area contributed by atoms with Gasteiger partial charge in [-0.05, 0) is 54.6 Å². The molecule has 3 heteroatoms. The second-order valence-electron chi connectivity index (χ2n) is 7.27. The highest BCUT2D eigenvalue weighted by Gasteiger charge is 2.19. The summed E-state index contributed by atoms with van der Waals surface area (Å²) in [6.45, 7) is 10.1. The fraction of sp³-hybridized carbons (Fsp3) is 0.333. The SMILES string of the molecule is C=C(/C=C/c1ccc(CNCCc2c(C)[nH]c3c2C=CCC3C)cc1)OC. The molecule has 1 aromatic carbocycles. The van der Waals surface area contributed by atoms with Crippen LogP contribution in [0.5, 0.6) is 0 Å². The van der Waals surface area contributed by atoms with Crippen molar-refractivity contribution in [3.05, 3.63) is 82.4 Å². The number of aryl methyl sites for hydroxylation is 1. The quantitative estimate of drug-likeness (QED) is 0.377. The summed E-state index contributed by atoms with van der Waals surface area (Å²) in [7, 11) is 1.63. The van der Waals surface area contributed by atoms with Gasteiger partial charge in [0.1, 0.15) is 5.76 Å². The molecule has 1 unspecified atom stereocenters. The van der Waals surface area contributed by atoms with Crippen LogP contribution in [0.3, 0.4) is 0 Å². The van der Waals surface area contributed by atoms with Crippen LogP contribution in [0.15, 0.2) is 48.8 Å². The summed E-state index contributed by atoms with van der Waals surface area (Å²) in [5, 5.41) is 3.57. The Kier molecular flexibility index (Phi) is 6.36. The van der Waals surface area contributed by atoms with E-state index in [1.165, 1.54) is 28.1 Å². The Morgan fingerprint density at radius 2 is 2.11 bits per heavy atom. The van der Waals surface area contributed by atoms with Crippen LogP contribution in [0.2, 0.25) is 0 Å². The van der Waals surface area contributed by atoms with Crippen LogP contribution in [-0.2, 0) is 17.7 Å². The largest absolute Gasteiger partial charge is 0.497 e. The van der Waals surface area contributed by atoms with E-state index in [0.717, 1.165) is 31.5 Å². The maximum absolute atomic E-state index is 5.04. The molecular formula is C24H30N2O. The van der Waals surface area contributed by atoms with Crippen molar-refractivity contribution in [1.29, 1.82) is 0 Å². The summed E-state index contributed by atoms with van der Waals surface area (Å²) in [6.07, 6.45) is 10.7. The molecule has 142 valence electrons. The van der Waals surface area contributed by atoms with E-state index in [9.17, 15) is 0 Å². The van der Waals surface area contributed by atoms with Gasteiger partial charge in [0.05, 0.1) is 7.11 Å². The number of hydrogen-bond donors (Lipinski definition) is 2. The normalized spacial score (nSPS) is 15.9. The smallest absolute Gasteiger partial charge is 0.111 e. The molecule has 0 fully saturated rings. The molecule has 3 rings (SSSR count). The molecule has 0 saturated heterocycles. The van der Waals surface area contributed by atoms with Crippen molar-refractivity contribution in [2.75, 3.05) is 13.7 Å². The number of nitrogens with one attached hydrogen (secondary N) is 2. The summed E-state index contributed by atoms with van der Waals surface area (Å²) < 4.78 is 5.04. The van der Waals surface area contributed by atoms with Crippen LogP contribution in [0.25, 0.3) is 12.2 Å². The molecule has 0 aliphatic heterocycles. The number of allylic oxidation sites excluding steroid dienone is 2. The number of ether oxygens (including phenoxy) is 1. The summed E-state index contributed by atoms with van der Waals surface area (Å²) in [5.74, 6) is 1.26. The van der Waals surface area contributed by atoms with Gasteiger partial charge < -0.3 is 15.0 Å². The van der Waals surface area contributed by atoms with Gasteiger partial charge in [-0.25, -0.2) is 0 Å². The van der Waals surface area contributed by atoms with E-state index in [1.807, 2.05) is 12.2 Å². The molecule has 1 aliphatic rings. The van der Waals surface area contributed by atoms with Gasteiger partial charge in [-0.1, -0.05) is 56.0 Å². The van der Waals surface area contributed by atoms with Crippen molar-refractivity contribution >= 4 is 12.2 Å². The van der Waals surface area contributed by atoms with Crippen LogP contribution >= 0.6 is 0 Å². The minimum atomic E-state index is 0.596. The van der Waals surface area contributed by atoms with Crippen molar-refractivity contribution in [1.82, 2.24) is 10.3 Å². The third-order valence-corrected chi connectivity index (χ3v) is 5.24. The zero-order valence-electron chi connectivity index (χ0n) is 16.6. The zero-order chi connectivity index (χ0) is 19.2. The lowest BCUT2D eigenvalue weighted by Gasteiger charge is -2.14. The van der Waals surface area contributed by atoms with Crippen LogP contribution in [0, 0.1) is 6.92 Å². The minimum Gasteiger partial charge on any atom is -0.497 e. The zero-order valence-corrected chi connectivity index (χ0v) is 16.6. The van der Waals surface area contributed by atoms with Crippen molar-refractivity contribution in [2.45, 2.75) is 39.2 Å². The lowest BCUT2D eigenvalue weighted by molar-refractivity contribution is 0.309. The average Bonchev–Trinajstić information content (AvgIpc) is 3.01. The maximum atomic E-state index is 5.04. The van der Waals surface area contributed by atoms with E-state index in [-0.39, 0.29) is 0 Å². The van der Waals surface area contributed by atoms with Crippen molar-refractivity contribution < 1.29 is 4.74 Å². The molecular weight excluding hydrogens is 332 g/mol. The molecule has 1 atom stereocenters. The molecule has 27 heavy (non-hydrogen) atoms. The first-order chi connectivity index (χ1) is 13.1. The molecule has 0 saturated carbocycles. The fourth-order valence-corrected chi connectivity index (χ4v) is 3.57. The van der Waals surface area contributed by atoms with Crippen molar-refractivity contribution in [3.8, 4) is 0 Å². The van der Waals surface area contributed by atoms with E-state index in [1.54, 1.807) is 7.11 Å². The fourth-order valence-electron chi connectivity index (χ4n) is 3.57. The maximum Gasteiger partial charge on any atom is 0.111 e. The van der Waals surface area contributed by atoms with Crippen LogP contribution < -0.4 is 5.32 Å². The monoisotopic (exact) mass is 362 g/mol. The highest BCUT2D eigenvalue weighted by Crippen LogP contribution is 2.32. The first-order valence-corrected chi connectivity index (χ1v) is 9.67. The van der Waals surface area contributed by atoms with Crippen LogP contribution in [0.4, 0.5) is 0 Å². The van der Waals surface area contributed by atoms with Gasteiger partial charge in [0.25, 0.3) is 0 Å². The molecule has 0 amide bonds. The Morgan fingerprint density at radius 1 is 1.33 bits per heavy atom. The topological polar surface area (TPSA) is 37.0 Å². The molecule has 2 N–H and O–H groups in total. The average molecular weight is 363 g/mol. The predicted molar refractivity (Wildman–Crippen MR) is 115 cm³/mol. The third kappa shape index (κ3) is 4.81. The number of H-pyrrole nitrogens is 1. The minimum absolute atomic E-state index is 0.596. The van der Waals surface area contributed by atoms with Gasteiger partial charge in [-0.15, -0.1) is 0 Å². The first kappa shape index (κ1) is 19.2. The molecule has 0 radical (unpaired) electrons. The predicted octanol–water partition coefficient (Wildman–Crippen LogP) is 5.35. The number of fused-ring (bicyclic) bond motifs is 1. The van der Waals surface area contributed by atoms with E-state index < -0.39 is 0 Å². The number of hydrogen-bond acceptors (Lipinski definition) is 2. The number of aromatic nitrogens is 1. The Labute approximate surface area is 162 Å². The highest BCUT2D eigenvalue weighted by molar-refractivity contribution is 5.62. The number of rotatable bonds is 8. The Morgan fingerprint density at radius 3 is 2.85 bits per heavy atom. The number of methoxy groups -OCH3 is 1. The standard InChI is InChI=1S/C24H30N2O/c1-17-6-5-7-23-22(19(3)26-24(17)23)14-15-25-16-21-12-10-20(11-13-21)9-8-18(2)27-4/h5,7-13,17,25-26H,2,6,14-16H2,1,3-4H3/b9-8+. The summed E-state index contributed by atoms with van der Waals surface area (Å²) in [5.41, 5.74) is 8.03. The van der Waals surface area contributed by atoms with Gasteiger partial charge in [-0.3, -0.25) is 0 Å². The summed E-state index contributed by atoms with van der Waals surface area (Å²) >= 11 is 0. The van der Waals surface area contributed by atoms with Crippen molar-refractivity contribution in [3.63, 3.8) is 0 Å². The summed E-state index contributed by atoms with van der Waals surface area (Å²) in [6, 6.07) is 8.57. The van der Waals surface area contributed by atoms with Crippen LogP contribution in [-0.4, -0.2) is 18.6 Å². The van der Waals surface area contributed by atoms with E-state index >= 15 is 0 Å². The first-order valence-electron chi connectivity index (χ1n) is 9.67. The molecule has 1 heterocycles. The highest BCUT2D eigenvalue weighted by atomic mass is 16.5. The Bertz CT molecular complexity index is 840. The number of benzene rings is 1. The Balaban J connectivity index is 1.51. The lowest BCUT2D eigenvalue weighted by atomic mass is 9.92. The second-order valence-corrected chi connectivity index (χ2v) is 7.27. The van der Waals surface area contributed by atoms with Crippen molar-refractivity contribution in [2.24, 2.45) is 0 Å². The molecule has 2 aromatic rings. The Hall–Kier alpha value is -2.52. The van der Waals surface area contributed by atoms with Gasteiger partial charge in [0.15, 0.2) is 0 Å². The molecule has 0 spiro atoms.